The van der Waals surface area contributed by atoms with E-state index in [0.717, 1.165) is 37.4 Å². The second-order valence-corrected chi connectivity index (χ2v) is 6.34. The Hall–Kier alpha value is -1.33. The Morgan fingerprint density at radius 1 is 1.20 bits per heavy atom. The Balaban J connectivity index is 1.85. The molecule has 0 saturated carbocycles. The molecule has 1 aromatic heterocycles. The summed E-state index contributed by atoms with van der Waals surface area (Å²) in [6.45, 7) is 4.23. The molecule has 0 atom stereocenters. The number of nitrogens with zero attached hydrogens (tertiary/aromatic N) is 2. The van der Waals surface area contributed by atoms with E-state index in [1.807, 2.05) is 12.1 Å². The van der Waals surface area contributed by atoms with Crippen molar-refractivity contribution in [3.63, 3.8) is 0 Å². The van der Waals surface area contributed by atoms with E-state index in [2.05, 4.69) is 40.8 Å². The summed E-state index contributed by atoms with van der Waals surface area (Å²) in [5.41, 5.74) is 1.02. The minimum Gasteiger partial charge on any atom is -0.338 e. The maximum atomic E-state index is 5.52. The van der Waals surface area contributed by atoms with Crippen molar-refractivity contribution in [3.05, 3.63) is 30.2 Å². The molecule has 0 unspecified atom stereocenters. The first-order chi connectivity index (χ1) is 9.71. The fraction of sp³-hybridized carbons (Fsp3) is 0.467. The summed E-state index contributed by atoms with van der Waals surface area (Å²) in [4.78, 5) is 5.86. The van der Waals surface area contributed by atoms with E-state index >= 15 is 0 Å². The number of aromatic nitrogens is 2. The second kappa shape index (κ2) is 5.58. The average Bonchev–Trinajstić information content (AvgIpc) is 2.99. The lowest BCUT2D eigenvalue weighted by atomic mass is 9.81. The molecule has 20 heavy (non-hydrogen) atoms. The van der Waals surface area contributed by atoms with Gasteiger partial charge in [0, 0.05) is 15.9 Å². The molecule has 2 heterocycles. The Morgan fingerprint density at radius 2 is 1.90 bits per heavy atom. The third-order valence-corrected chi connectivity index (χ3v) is 4.74. The summed E-state index contributed by atoms with van der Waals surface area (Å²) in [6.07, 6.45) is 4.15. The Bertz CT molecular complexity index is 573. The molecule has 1 fully saturated rings. The van der Waals surface area contributed by atoms with Gasteiger partial charge in [-0.25, -0.2) is 0 Å². The normalized spacial score (nSPS) is 18.1. The van der Waals surface area contributed by atoms with Gasteiger partial charge < -0.3 is 9.84 Å². The monoisotopic (exact) mass is 289 g/mol. The van der Waals surface area contributed by atoms with E-state index in [4.69, 9.17) is 4.52 Å². The lowest BCUT2D eigenvalue weighted by Gasteiger charge is -2.30. The van der Waals surface area contributed by atoms with E-state index in [9.17, 15) is 0 Å². The van der Waals surface area contributed by atoms with Crippen molar-refractivity contribution >= 4 is 11.8 Å². The predicted molar refractivity (Wildman–Crippen MR) is 81.0 cm³/mol. The van der Waals surface area contributed by atoms with Crippen molar-refractivity contribution in [2.24, 2.45) is 0 Å². The van der Waals surface area contributed by atoms with E-state index in [1.54, 1.807) is 11.8 Å². The van der Waals surface area contributed by atoms with Crippen LogP contribution in [-0.4, -0.2) is 29.5 Å². The van der Waals surface area contributed by atoms with Gasteiger partial charge in [0.05, 0.1) is 0 Å². The minimum atomic E-state index is 0.00963. The van der Waals surface area contributed by atoms with Crippen molar-refractivity contribution < 1.29 is 4.52 Å². The standard InChI is InChI=1S/C15H19N3OS/c1-15(7-9-16-10-8-15)14-17-13(18-19-14)11-3-5-12(20-2)6-4-11/h3-6,16H,7-10H2,1-2H3. The van der Waals surface area contributed by atoms with E-state index in [-0.39, 0.29) is 5.41 Å². The third kappa shape index (κ3) is 2.60. The van der Waals surface area contributed by atoms with Crippen molar-refractivity contribution in [1.82, 2.24) is 15.5 Å². The summed E-state index contributed by atoms with van der Waals surface area (Å²) in [7, 11) is 0. The Morgan fingerprint density at radius 3 is 2.55 bits per heavy atom. The van der Waals surface area contributed by atoms with Crippen LogP contribution in [0.2, 0.25) is 0 Å². The van der Waals surface area contributed by atoms with Crippen LogP contribution >= 0.6 is 11.8 Å². The molecule has 0 amide bonds. The molecule has 3 rings (SSSR count). The molecule has 4 nitrogen and oxygen atoms in total. The van der Waals surface area contributed by atoms with Crippen LogP contribution in [0.1, 0.15) is 25.7 Å². The third-order valence-electron chi connectivity index (χ3n) is 4.00. The average molecular weight is 289 g/mol. The van der Waals surface area contributed by atoms with Gasteiger partial charge in [0.15, 0.2) is 0 Å². The first-order valence-corrected chi connectivity index (χ1v) is 8.13. The quantitative estimate of drug-likeness (QED) is 0.880. The van der Waals surface area contributed by atoms with Gasteiger partial charge in [-0.05, 0) is 56.5 Å². The number of piperidine rings is 1. The van der Waals surface area contributed by atoms with Gasteiger partial charge in [-0.3, -0.25) is 0 Å². The smallest absolute Gasteiger partial charge is 0.232 e. The summed E-state index contributed by atoms with van der Waals surface area (Å²) >= 11 is 1.73. The largest absolute Gasteiger partial charge is 0.338 e. The highest BCUT2D eigenvalue weighted by Gasteiger charge is 2.34. The van der Waals surface area contributed by atoms with Crippen LogP contribution in [0.25, 0.3) is 11.4 Å². The number of nitrogens with one attached hydrogen (secondary N) is 1. The molecule has 0 aliphatic carbocycles. The summed E-state index contributed by atoms with van der Waals surface area (Å²) in [5.74, 6) is 1.45. The van der Waals surface area contributed by atoms with E-state index < -0.39 is 0 Å². The highest BCUT2D eigenvalue weighted by atomic mass is 32.2. The number of benzene rings is 1. The predicted octanol–water partition coefficient (Wildman–Crippen LogP) is 3.10. The maximum Gasteiger partial charge on any atom is 0.232 e. The molecule has 1 aliphatic heterocycles. The van der Waals surface area contributed by atoms with Crippen LogP contribution in [0.5, 0.6) is 0 Å². The molecule has 1 aromatic carbocycles. The van der Waals surface area contributed by atoms with Crippen LogP contribution in [0.15, 0.2) is 33.7 Å². The summed E-state index contributed by atoms with van der Waals surface area (Å²) < 4.78 is 5.52. The number of hydrogen-bond acceptors (Lipinski definition) is 5. The molecule has 1 aliphatic rings. The van der Waals surface area contributed by atoms with Gasteiger partial charge in [-0.2, -0.15) is 4.98 Å². The molecule has 106 valence electrons. The second-order valence-electron chi connectivity index (χ2n) is 5.46. The van der Waals surface area contributed by atoms with Gasteiger partial charge in [0.1, 0.15) is 0 Å². The number of hydrogen-bond donors (Lipinski definition) is 1. The van der Waals surface area contributed by atoms with Crippen molar-refractivity contribution in [3.8, 4) is 11.4 Å². The Kier molecular flexibility index (Phi) is 3.81. The molecular formula is C15H19N3OS. The zero-order chi connectivity index (χ0) is 14.0. The van der Waals surface area contributed by atoms with E-state index in [1.165, 1.54) is 4.90 Å². The number of thioether (sulfide) groups is 1. The molecular weight excluding hydrogens is 270 g/mol. The highest BCUT2D eigenvalue weighted by molar-refractivity contribution is 7.98. The molecule has 0 spiro atoms. The van der Waals surface area contributed by atoms with Crippen molar-refractivity contribution in [2.45, 2.75) is 30.1 Å². The van der Waals surface area contributed by atoms with Gasteiger partial charge >= 0.3 is 0 Å². The van der Waals surface area contributed by atoms with Crippen LogP contribution < -0.4 is 5.32 Å². The summed E-state index contributed by atoms with van der Waals surface area (Å²) in [5, 5.41) is 7.52. The molecule has 2 aromatic rings. The summed E-state index contributed by atoms with van der Waals surface area (Å²) in [6, 6.07) is 8.26. The van der Waals surface area contributed by atoms with Gasteiger partial charge in [0.25, 0.3) is 0 Å². The van der Waals surface area contributed by atoms with Crippen molar-refractivity contribution in [1.29, 1.82) is 0 Å². The van der Waals surface area contributed by atoms with E-state index in [0.29, 0.717) is 5.82 Å². The van der Waals surface area contributed by atoms with Gasteiger partial charge in [-0.1, -0.05) is 12.1 Å². The molecule has 0 bridgehead atoms. The van der Waals surface area contributed by atoms with Crippen molar-refractivity contribution in [2.75, 3.05) is 19.3 Å². The van der Waals surface area contributed by atoms with Crippen LogP contribution in [0.3, 0.4) is 0 Å². The highest BCUT2D eigenvalue weighted by Crippen LogP contribution is 2.32. The minimum absolute atomic E-state index is 0.00963. The number of rotatable bonds is 3. The fourth-order valence-electron chi connectivity index (χ4n) is 2.52. The van der Waals surface area contributed by atoms with Gasteiger partial charge in [-0.15, -0.1) is 11.8 Å². The van der Waals surface area contributed by atoms with Crippen LogP contribution in [0.4, 0.5) is 0 Å². The topological polar surface area (TPSA) is 51.0 Å². The van der Waals surface area contributed by atoms with Gasteiger partial charge in [0.2, 0.25) is 11.7 Å². The SMILES string of the molecule is CSc1ccc(-c2noc(C3(C)CCNCC3)n2)cc1. The lowest BCUT2D eigenvalue weighted by Crippen LogP contribution is -2.37. The molecule has 5 heteroatoms. The van der Waals surface area contributed by atoms with Crippen LogP contribution in [0, 0.1) is 0 Å². The zero-order valence-corrected chi connectivity index (χ0v) is 12.7. The zero-order valence-electron chi connectivity index (χ0n) is 11.8. The lowest BCUT2D eigenvalue weighted by molar-refractivity contribution is 0.241. The first kappa shape index (κ1) is 13.6. The Labute approximate surface area is 123 Å². The maximum absolute atomic E-state index is 5.52. The molecule has 1 N–H and O–H groups in total. The molecule has 1 saturated heterocycles. The molecule has 0 radical (unpaired) electrons. The first-order valence-electron chi connectivity index (χ1n) is 6.91. The fourth-order valence-corrected chi connectivity index (χ4v) is 2.93. The van der Waals surface area contributed by atoms with Crippen LogP contribution in [-0.2, 0) is 5.41 Å².